The maximum absolute atomic E-state index is 5.63. The van der Waals surface area contributed by atoms with Gasteiger partial charge in [-0.25, -0.2) is 0 Å². The van der Waals surface area contributed by atoms with Gasteiger partial charge in [0.25, 0.3) is 0 Å². The molecule has 2 N–H and O–H groups in total. The Hall–Kier alpha value is -0.260. The largest absolute Gasteiger partial charge is 0.380 e. The van der Waals surface area contributed by atoms with Crippen molar-refractivity contribution in [1.29, 1.82) is 0 Å². The van der Waals surface area contributed by atoms with E-state index in [1.165, 1.54) is 32.1 Å². The van der Waals surface area contributed by atoms with Gasteiger partial charge in [0.15, 0.2) is 11.6 Å². The number of hydrogen-bond donors (Lipinski definition) is 1. The van der Waals surface area contributed by atoms with Crippen LogP contribution in [-0.2, 0) is 6.42 Å². The Morgan fingerprint density at radius 2 is 2.07 bits per heavy atom. The van der Waals surface area contributed by atoms with E-state index in [2.05, 4.69) is 27.7 Å². The van der Waals surface area contributed by atoms with Crippen molar-refractivity contribution >= 4 is 28.4 Å². The number of nitrogen functional groups attached to an aromatic ring is 1. The molecule has 14 heavy (non-hydrogen) atoms. The molecule has 3 nitrogen and oxygen atoms in total. The van der Waals surface area contributed by atoms with Crippen molar-refractivity contribution in [3.05, 3.63) is 9.33 Å². The molecule has 4 heteroatoms. The minimum atomic E-state index is 0.538. The summed E-state index contributed by atoms with van der Waals surface area (Å²) in [5.41, 5.74) is 5.63. The number of halogens is 1. The lowest BCUT2D eigenvalue weighted by molar-refractivity contribution is 0.309. The fourth-order valence-electron chi connectivity index (χ4n) is 2.11. The van der Waals surface area contributed by atoms with Gasteiger partial charge < -0.3 is 10.3 Å². The second kappa shape index (κ2) is 4.51. The lowest BCUT2D eigenvalue weighted by Crippen LogP contribution is -2.09. The lowest BCUT2D eigenvalue weighted by Gasteiger charge is -2.19. The van der Waals surface area contributed by atoms with E-state index in [1.54, 1.807) is 0 Å². The van der Waals surface area contributed by atoms with Crippen LogP contribution < -0.4 is 5.73 Å². The number of rotatable bonds is 2. The number of nitrogens with zero attached hydrogens (tertiary/aromatic N) is 1. The summed E-state index contributed by atoms with van der Waals surface area (Å²) in [7, 11) is 0. The normalized spacial score (nSPS) is 18.6. The maximum Gasteiger partial charge on any atom is 0.180 e. The zero-order chi connectivity index (χ0) is 9.97. The highest BCUT2D eigenvalue weighted by molar-refractivity contribution is 14.1. The van der Waals surface area contributed by atoms with Gasteiger partial charge in [0.2, 0.25) is 0 Å². The highest BCUT2D eigenvalue weighted by Crippen LogP contribution is 2.29. The van der Waals surface area contributed by atoms with Gasteiger partial charge in [0, 0.05) is 6.42 Å². The second-order valence-electron chi connectivity index (χ2n) is 4.01. The number of anilines is 1. The van der Waals surface area contributed by atoms with Crippen LogP contribution in [0.2, 0.25) is 0 Å². The van der Waals surface area contributed by atoms with E-state index in [0.717, 1.165) is 21.7 Å². The summed E-state index contributed by atoms with van der Waals surface area (Å²) >= 11 is 2.21. The molecule has 78 valence electrons. The third kappa shape index (κ3) is 2.21. The molecule has 0 aliphatic heterocycles. The van der Waals surface area contributed by atoms with Gasteiger partial charge in [-0.1, -0.05) is 37.3 Å². The SMILES string of the molecule is Nc1noc(CC2CCCCC2)c1I. The van der Waals surface area contributed by atoms with Crippen LogP contribution >= 0.6 is 22.6 Å². The molecule has 0 radical (unpaired) electrons. The van der Waals surface area contributed by atoms with Gasteiger partial charge in [0.1, 0.15) is 0 Å². The summed E-state index contributed by atoms with van der Waals surface area (Å²) in [6, 6.07) is 0. The van der Waals surface area contributed by atoms with Gasteiger partial charge >= 0.3 is 0 Å². The molecule has 1 aromatic rings. The predicted octanol–water partition coefficient (Wildman–Crippen LogP) is 2.98. The van der Waals surface area contributed by atoms with Crippen molar-refractivity contribution in [1.82, 2.24) is 5.16 Å². The summed E-state index contributed by atoms with van der Waals surface area (Å²) in [6.45, 7) is 0. The topological polar surface area (TPSA) is 52.0 Å². The van der Waals surface area contributed by atoms with Crippen molar-refractivity contribution in [2.24, 2.45) is 5.92 Å². The summed E-state index contributed by atoms with van der Waals surface area (Å²) in [4.78, 5) is 0. The van der Waals surface area contributed by atoms with Crippen molar-refractivity contribution in [2.75, 3.05) is 5.73 Å². The zero-order valence-corrected chi connectivity index (χ0v) is 10.3. The highest BCUT2D eigenvalue weighted by atomic mass is 127. The first-order chi connectivity index (χ1) is 6.77. The summed E-state index contributed by atoms with van der Waals surface area (Å²) in [5.74, 6) is 2.30. The molecule has 0 bridgehead atoms. The molecule has 1 heterocycles. The molecule has 0 unspecified atom stereocenters. The van der Waals surface area contributed by atoms with Crippen LogP contribution in [0.25, 0.3) is 0 Å². The van der Waals surface area contributed by atoms with Gasteiger partial charge in [0.05, 0.1) is 3.57 Å². The van der Waals surface area contributed by atoms with Gasteiger partial charge in [-0.2, -0.15) is 0 Å². The number of hydrogen-bond acceptors (Lipinski definition) is 3. The summed E-state index contributed by atoms with van der Waals surface area (Å²) in [5, 5.41) is 3.78. The average molecular weight is 306 g/mol. The minimum Gasteiger partial charge on any atom is -0.380 e. The standard InChI is InChI=1S/C10H15IN2O/c11-9-8(14-13-10(9)12)6-7-4-2-1-3-5-7/h7H,1-6H2,(H2,12,13). The van der Waals surface area contributed by atoms with Crippen LogP contribution in [-0.4, -0.2) is 5.16 Å². The molecule has 0 spiro atoms. The molecule has 1 aliphatic rings. The quantitative estimate of drug-likeness (QED) is 0.855. The smallest absolute Gasteiger partial charge is 0.180 e. The first-order valence-corrected chi connectivity index (χ1v) is 6.25. The predicted molar refractivity (Wildman–Crippen MR) is 63.9 cm³/mol. The second-order valence-corrected chi connectivity index (χ2v) is 5.09. The Balaban J connectivity index is 1.99. The van der Waals surface area contributed by atoms with Crippen LogP contribution in [0.4, 0.5) is 5.82 Å². The van der Waals surface area contributed by atoms with E-state index >= 15 is 0 Å². The van der Waals surface area contributed by atoms with Crippen molar-refractivity contribution in [3.63, 3.8) is 0 Å². The Morgan fingerprint density at radius 1 is 1.36 bits per heavy atom. The van der Waals surface area contributed by atoms with Crippen LogP contribution in [0, 0.1) is 9.49 Å². The molecule has 0 saturated heterocycles. The van der Waals surface area contributed by atoms with E-state index in [4.69, 9.17) is 10.3 Å². The van der Waals surface area contributed by atoms with Crippen LogP contribution in [0.5, 0.6) is 0 Å². The fraction of sp³-hybridized carbons (Fsp3) is 0.700. The Bertz CT molecular complexity index is 305. The van der Waals surface area contributed by atoms with E-state index in [0.29, 0.717) is 5.82 Å². The van der Waals surface area contributed by atoms with Crippen LogP contribution in [0.15, 0.2) is 4.52 Å². The van der Waals surface area contributed by atoms with Gasteiger partial charge in [-0.05, 0) is 28.5 Å². The fourth-order valence-corrected chi connectivity index (χ4v) is 2.52. The average Bonchev–Trinajstić information content (AvgIpc) is 2.52. The Kier molecular flexibility index (Phi) is 3.30. The van der Waals surface area contributed by atoms with Crippen molar-refractivity contribution in [3.8, 4) is 0 Å². The maximum atomic E-state index is 5.63. The highest BCUT2D eigenvalue weighted by Gasteiger charge is 2.19. The third-order valence-electron chi connectivity index (χ3n) is 2.92. The van der Waals surface area contributed by atoms with E-state index in [-0.39, 0.29) is 0 Å². The molecule has 1 aromatic heterocycles. The molecular weight excluding hydrogens is 291 g/mol. The first kappa shape index (κ1) is 10.3. The lowest BCUT2D eigenvalue weighted by atomic mass is 9.86. The third-order valence-corrected chi connectivity index (χ3v) is 4.08. The van der Waals surface area contributed by atoms with E-state index in [1.807, 2.05) is 0 Å². The molecule has 0 amide bonds. The molecule has 0 atom stereocenters. The molecule has 1 saturated carbocycles. The van der Waals surface area contributed by atoms with Crippen LogP contribution in [0.3, 0.4) is 0 Å². The number of aromatic nitrogens is 1. The zero-order valence-electron chi connectivity index (χ0n) is 8.13. The van der Waals surface area contributed by atoms with Gasteiger partial charge in [-0.3, -0.25) is 0 Å². The minimum absolute atomic E-state index is 0.538. The number of nitrogens with two attached hydrogens (primary N) is 1. The summed E-state index contributed by atoms with van der Waals surface area (Å²) < 4.78 is 6.22. The monoisotopic (exact) mass is 306 g/mol. The Morgan fingerprint density at radius 3 is 2.64 bits per heavy atom. The molecule has 1 aliphatic carbocycles. The van der Waals surface area contributed by atoms with E-state index in [9.17, 15) is 0 Å². The molecule has 1 fully saturated rings. The molecule has 2 rings (SSSR count). The van der Waals surface area contributed by atoms with Crippen LogP contribution in [0.1, 0.15) is 37.9 Å². The van der Waals surface area contributed by atoms with Crippen molar-refractivity contribution < 1.29 is 4.52 Å². The van der Waals surface area contributed by atoms with E-state index < -0.39 is 0 Å². The first-order valence-electron chi connectivity index (χ1n) is 5.17. The van der Waals surface area contributed by atoms with Gasteiger partial charge in [-0.15, -0.1) is 0 Å². The Labute approximate surface area is 97.5 Å². The summed E-state index contributed by atoms with van der Waals surface area (Å²) in [6.07, 6.45) is 7.80. The molecular formula is C10H15IN2O. The molecule has 0 aromatic carbocycles. The van der Waals surface area contributed by atoms with Crippen molar-refractivity contribution in [2.45, 2.75) is 38.5 Å².